The Morgan fingerprint density at radius 2 is 1.18 bits per heavy atom. The van der Waals surface area contributed by atoms with Crippen molar-refractivity contribution in [3.8, 4) is 0 Å². The fourth-order valence-electron chi connectivity index (χ4n) is 3.30. The molecule has 0 aliphatic heterocycles. The number of aliphatic hydroxyl groups excluding tert-OH is 2. The van der Waals surface area contributed by atoms with Crippen LogP contribution in [0, 0.1) is 0 Å². The molecule has 3 N–H and O–H groups in total. The van der Waals surface area contributed by atoms with E-state index in [4.69, 9.17) is 9.84 Å². The Labute approximate surface area is 173 Å². The molecule has 0 aromatic rings. The minimum Gasteiger partial charge on any atom is -0.444 e. The van der Waals surface area contributed by atoms with Crippen LogP contribution in [0.15, 0.2) is 0 Å². The first-order valence-corrected chi connectivity index (χ1v) is 11.8. The van der Waals surface area contributed by atoms with Crippen molar-refractivity contribution < 1.29 is 19.7 Å². The van der Waals surface area contributed by atoms with Crippen molar-refractivity contribution in [2.24, 2.45) is 0 Å². The normalized spacial score (nSPS) is 13.3. The van der Waals surface area contributed by atoms with Crippen LogP contribution in [0.25, 0.3) is 0 Å². The second-order valence-electron chi connectivity index (χ2n) is 8.09. The quantitative estimate of drug-likeness (QED) is 0.228. The van der Waals surface area contributed by atoms with Gasteiger partial charge >= 0.3 is 6.09 Å². The Bertz CT molecular complexity index is 339. The van der Waals surface area contributed by atoms with Gasteiger partial charge in [-0.15, -0.1) is 0 Å². The molecule has 28 heavy (non-hydrogen) atoms. The van der Waals surface area contributed by atoms with Crippen LogP contribution in [0.5, 0.6) is 0 Å². The molecule has 0 saturated heterocycles. The summed E-state index contributed by atoms with van der Waals surface area (Å²) in [5, 5.41) is 20.8. The Hall–Kier alpha value is -0.810. The van der Waals surface area contributed by atoms with E-state index < -0.39 is 24.9 Å². The highest BCUT2D eigenvalue weighted by Crippen LogP contribution is 2.13. The second kappa shape index (κ2) is 20.9. The van der Waals surface area contributed by atoms with Crippen molar-refractivity contribution in [3.63, 3.8) is 0 Å². The Morgan fingerprint density at radius 1 is 0.786 bits per heavy atom. The van der Waals surface area contributed by atoms with Crippen molar-refractivity contribution in [1.29, 1.82) is 0 Å². The number of alkyl carbamates (subject to hydrolysis) is 1. The van der Waals surface area contributed by atoms with Gasteiger partial charge in [-0.2, -0.15) is 0 Å². The topological polar surface area (TPSA) is 78.8 Å². The number of hydrogen-bond acceptors (Lipinski definition) is 4. The molecule has 0 radical (unpaired) electrons. The van der Waals surface area contributed by atoms with E-state index in [9.17, 15) is 9.90 Å². The summed E-state index contributed by atoms with van der Waals surface area (Å²) in [5.74, 6) is 0. The zero-order chi connectivity index (χ0) is 20.9. The number of amides is 1. The molecule has 2 unspecified atom stereocenters. The van der Waals surface area contributed by atoms with Gasteiger partial charge in [0, 0.05) is 6.54 Å². The van der Waals surface area contributed by atoms with Crippen LogP contribution in [0.2, 0.25) is 0 Å². The van der Waals surface area contributed by atoms with Gasteiger partial charge in [-0.05, 0) is 13.3 Å². The first-order chi connectivity index (χ1) is 13.6. The molecule has 2 atom stereocenters. The maximum atomic E-state index is 11.5. The molecule has 0 heterocycles. The minimum atomic E-state index is -1.03. The van der Waals surface area contributed by atoms with E-state index >= 15 is 0 Å². The van der Waals surface area contributed by atoms with E-state index in [1.165, 1.54) is 89.9 Å². The van der Waals surface area contributed by atoms with Crippen molar-refractivity contribution in [1.82, 2.24) is 5.32 Å². The molecule has 0 aliphatic carbocycles. The van der Waals surface area contributed by atoms with Crippen LogP contribution in [-0.4, -0.2) is 41.7 Å². The summed E-state index contributed by atoms with van der Waals surface area (Å²) in [6.45, 7) is 4.02. The molecule has 0 spiro atoms. The SMILES string of the molecule is CCCCCCCCCCCCCCCCCCNC(=O)OC(C)C(O)CO. The third-order valence-corrected chi connectivity index (χ3v) is 5.32. The van der Waals surface area contributed by atoms with Crippen molar-refractivity contribution in [2.75, 3.05) is 13.2 Å². The number of carbonyl (C=O) groups excluding carboxylic acids is 1. The van der Waals surface area contributed by atoms with E-state index in [0.717, 1.165) is 12.8 Å². The zero-order valence-corrected chi connectivity index (χ0v) is 18.6. The molecular weight excluding hydrogens is 354 g/mol. The Morgan fingerprint density at radius 3 is 1.57 bits per heavy atom. The van der Waals surface area contributed by atoms with Gasteiger partial charge in [-0.25, -0.2) is 4.79 Å². The molecular formula is C23H47NO4. The molecule has 0 saturated carbocycles. The van der Waals surface area contributed by atoms with Crippen LogP contribution < -0.4 is 5.32 Å². The van der Waals surface area contributed by atoms with Gasteiger partial charge in [0.1, 0.15) is 12.2 Å². The van der Waals surface area contributed by atoms with Crippen LogP contribution in [-0.2, 0) is 4.74 Å². The van der Waals surface area contributed by atoms with Crippen molar-refractivity contribution in [2.45, 2.75) is 129 Å². The first-order valence-electron chi connectivity index (χ1n) is 11.8. The van der Waals surface area contributed by atoms with Gasteiger partial charge in [0.2, 0.25) is 0 Å². The fraction of sp³-hybridized carbons (Fsp3) is 0.957. The summed E-state index contributed by atoms with van der Waals surface area (Å²) >= 11 is 0. The summed E-state index contributed by atoms with van der Waals surface area (Å²) in [7, 11) is 0. The molecule has 0 rings (SSSR count). The van der Waals surface area contributed by atoms with Crippen molar-refractivity contribution >= 4 is 6.09 Å². The molecule has 0 bridgehead atoms. The number of aliphatic hydroxyl groups is 2. The lowest BCUT2D eigenvalue weighted by Gasteiger charge is -2.17. The number of nitrogens with one attached hydrogen (secondary N) is 1. The predicted molar refractivity (Wildman–Crippen MR) is 117 cm³/mol. The molecule has 0 aromatic heterocycles. The van der Waals surface area contributed by atoms with Gasteiger partial charge in [0.05, 0.1) is 6.61 Å². The lowest BCUT2D eigenvalue weighted by atomic mass is 10.0. The molecule has 0 aliphatic rings. The van der Waals surface area contributed by atoms with Crippen LogP contribution in [0.3, 0.4) is 0 Å². The number of hydrogen-bond donors (Lipinski definition) is 3. The van der Waals surface area contributed by atoms with Gasteiger partial charge in [0.25, 0.3) is 0 Å². The molecule has 5 nitrogen and oxygen atoms in total. The molecule has 0 aromatic carbocycles. The third-order valence-electron chi connectivity index (χ3n) is 5.32. The maximum absolute atomic E-state index is 11.5. The van der Waals surface area contributed by atoms with E-state index in [1.807, 2.05) is 0 Å². The van der Waals surface area contributed by atoms with Crippen LogP contribution in [0.1, 0.15) is 117 Å². The van der Waals surface area contributed by atoms with E-state index in [2.05, 4.69) is 12.2 Å². The Balaban J connectivity index is 3.20. The summed E-state index contributed by atoms with van der Waals surface area (Å²) in [4.78, 5) is 11.5. The molecule has 0 fully saturated rings. The number of rotatable bonds is 20. The molecule has 1 amide bonds. The van der Waals surface area contributed by atoms with E-state index in [1.54, 1.807) is 6.92 Å². The maximum Gasteiger partial charge on any atom is 0.407 e. The number of ether oxygens (including phenoxy) is 1. The summed E-state index contributed by atoms with van der Waals surface area (Å²) in [6.07, 6.45) is 19.0. The second-order valence-corrected chi connectivity index (χ2v) is 8.09. The fourth-order valence-corrected chi connectivity index (χ4v) is 3.30. The van der Waals surface area contributed by atoms with E-state index in [0.29, 0.717) is 6.54 Å². The monoisotopic (exact) mass is 401 g/mol. The number of carbonyl (C=O) groups is 1. The smallest absolute Gasteiger partial charge is 0.407 e. The van der Waals surface area contributed by atoms with Gasteiger partial charge < -0.3 is 20.3 Å². The summed E-state index contributed by atoms with van der Waals surface area (Å²) in [5.41, 5.74) is 0. The zero-order valence-electron chi connectivity index (χ0n) is 18.6. The minimum absolute atomic E-state index is 0.409. The highest BCUT2D eigenvalue weighted by Gasteiger charge is 2.17. The Kier molecular flexibility index (Phi) is 20.3. The third kappa shape index (κ3) is 18.5. The van der Waals surface area contributed by atoms with Crippen molar-refractivity contribution in [3.05, 3.63) is 0 Å². The average molecular weight is 402 g/mol. The first kappa shape index (κ1) is 27.2. The largest absolute Gasteiger partial charge is 0.444 e. The molecule has 168 valence electrons. The highest BCUT2D eigenvalue weighted by atomic mass is 16.6. The standard InChI is InChI=1S/C23H47NO4/c1-3-4-5-6-7-8-9-10-11-12-13-14-15-16-17-18-19-24-23(27)28-21(2)22(26)20-25/h21-22,25-26H,3-20H2,1-2H3,(H,24,27). The molecule has 5 heteroatoms. The van der Waals surface area contributed by atoms with Crippen LogP contribution >= 0.6 is 0 Å². The summed E-state index contributed by atoms with van der Waals surface area (Å²) < 4.78 is 4.97. The lowest BCUT2D eigenvalue weighted by molar-refractivity contribution is -0.0151. The van der Waals surface area contributed by atoms with Crippen LogP contribution in [0.4, 0.5) is 4.79 Å². The van der Waals surface area contributed by atoms with E-state index in [-0.39, 0.29) is 0 Å². The van der Waals surface area contributed by atoms with Gasteiger partial charge in [-0.3, -0.25) is 0 Å². The highest BCUT2D eigenvalue weighted by molar-refractivity contribution is 5.67. The average Bonchev–Trinajstić information content (AvgIpc) is 2.69. The number of unbranched alkanes of at least 4 members (excludes halogenated alkanes) is 15. The predicted octanol–water partition coefficient (Wildman–Crippen LogP) is 5.72. The van der Waals surface area contributed by atoms with Gasteiger partial charge in [0.15, 0.2) is 0 Å². The van der Waals surface area contributed by atoms with Gasteiger partial charge in [-0.1, -0.05) is 103 Å². The lowest BCUT2D eigenvalue weighted by Crippen LogP contribution is -2.36. The summed E-state index contributed by atoms with van der Waals surface area (Å²) in [6, 6.07) is 0.